The summed E-state index contributed by atoms with van der Waals surface area (Å²) in [6.45, 7) is 2.67. The number of carbonyl (C=O) groups is 2. The highest BCUT2D eigenvalue weighted by Gasteiger charge is 2.30. The van der Waals surface area contributed by atoms with Crippen LogP contribution in [0.25, 0.3) is 10.8 Å². The van der Waals surface area contributed by atoms with Crippen molar-refractivity contribution in [3.8, 4) is 0 Å². The van der Waals surface area contributed by atoms with Crippen molar-refractivity contribution in [1.82, 2.24) is 5.32 Å². The van der Waals surface area contributed by atoms with Crippen molar-refractivity contribution >= 4 is 28.3 Å². The van der Waals surface area contributed by atoms with Crippen LogP contribution >= 0.6 is 0 Å². The molecule has 0 aliphatic carbocycles. The van der Waals surface area contributed by atoms with Crippen LogP contribution in [0.5, 0.6) is 0 Å². The van der Waals surface area contributed by atoms with Crippen LogP contribution in [0.15, 0.2) is 60.7 Å². The molecule has 1 aliphatic heterocycles. The normalized spacial score (nSPS) is 12.7. The summed E-state index contributed by atoms with van der Waals surface area (Å²) in [6.07, 6.45) is 0.780. The lowest BCUT2D eigenvalue weighted by Gasteiger charge is -2.17. The Morgan fingerprint density at radius 1 is 1.00 bits per heavy atom. The van der Waals surface area contributed by atoms with Crippen molar-refractivity contribution in [2.24, 2.45) is 0 Å². The first-order valence-electron chi connectivity index (χ1n) is 8.80. The molecule has 2 amide bonds. The molecule has 1 heterocycles. The summed E-state index contributed by atoms with van der Waals surface area (Å²) in [6, 6.07) is 19.7. The Balaban J connectivity index is 1.43. The number of rotatable bonds is 5. The third-order valence-corrected chi connectivity index (χ3v) is 4.93. The third kappa shape index (κ3) is 2.84. The van der Waals surface area contributed by atoms with Crippen LogP contribution in [0.4, 0.5) is 5.69 Å². The number of aryl methyl sites for hydroxylation is 1. The second-order valence-electron chi connectivity index (χ2n) is 6.60. The molecule has 1 aliphatic rings. The van der Waals surface area contributed by atoms with E-state index in [1.165, 1.54) is 11.1 Å². The Morgan fingerprint density at radius 2 is 1.77 bits per heavy atom. The van der Waals surface area contributed by atoms with Gasteiger partial charge in [-0.05, 0) is 42.0 Å². The lowest BCUT2D eigenvalue weighted by atomic mass is 10.1. The monoisotopic (exact) mass is 344 g/mol. The third-order valence-electron chi connectivity index (χ3n) is 4.93. The summed E-state index contributed by atoms with van der Waals surface area (Å²) in [5.41, 5.74) is 3.93. The van der Waals surface area contributed by atoms with Crippen LogP contribution < -0.4 is 10.2 Å². The van der Waals surface area contributed by atoms with E-state index in [-0.39, 0.29) is 18.4 Å². The van der Waals surface area contributed by atoms with Crippen LogP contribution in [-0.4, -0.2) is 24.9 Å². The van der Waals surface area contributed by atoms with Gasteiger partial charge in [0.1, 0.15) is 6.54 Å². The summed E-state index contributed by atoms with van der Waals surface area (Å²) in [4.78, 5) is 26.7. The fourth-order valence-corrected chi connectivity index (χ4v) is 3.56. The number of hydrogen-bond donors (Lipinski definition) is 1. The zero-order valence-corrected chi connectivity index (χ0v) is 14.7. The maximum absolute atomic E-state index is 12.7. The van der Waals surface area contributed by atoms with Crippen LogP contribution in [-0.2, 0) is 11.2 Å². The van der Waals surface area contributed by atoms with Crippen molar-refractivity contribution in [1.29, 1.82) is 0 Å². The van der Waals surface area contributed by atoms with Gasteiger partial charge in [-0.25, -0.2) is 0 Å². The van der Waals surface area contributed by atoms with Gasteiger partial charge in [0.05, 0.1) is 5.69 Å². The number of carbonyl (C=O) groups excluding carboxylic acids is 2. The largest absolute Gasteiger partial charge is 0.354 e. The van der Waals surface area contributed by atoms with Gasteiger partial charge >= 0.3 is 0 Å². The van der Waals surface area contributed by atoms with Gasteiger partial charge in [-0.1, -0.05) is 48.5 Å². The van der Waals surface area contributed by atoms with E-state index in [4.69, 9.17) is 0 Å². The molecule has 0 radical (unpaired) electrons. The molecule has 4 rings (SSSR count). The highest BCUT2D eigenvalue weighted by atomic mass is 16.2. The first-order valence-corrected chi connectivity index (χ1v) is 8.80. The van der Waals surface area contributed by atoms with Gasteiger partial charge in [0.15, 0.2) is 0 Å². The van der Waals surface area contributed by atoms with Gasteiger partial charge in [0, 0.05) is 17.5 Å². The molecular weight excluding hydrogens is 324 g/mol. The fraction of sp³-hybridized carbons (Fsp3) is 0.182. The number of amides is 2. The van der Waals surface area contributed by atoms with Crippen LogP contribution in [0.3, 0.4) is 0 Å². The van der Waals surface area contributed by atoms with Crippen molar-refractivity contribution in [3.63, 3.8) is 0 Å². The quantitative estimate of drug-likeness (QED) is 0.770. The van der Waals surface area contributed by atoms with E-state index in [2.05, 4.69) is 24.4 Å². The molecule has 0 aromatic heterocycles. The molecule has 0 saturated carbocycles. The minimum Gasteiger partial charge on any atom is -0.354 e. The molecule has 0 bridgehead atoms. The second kappa shape index (κ2) is 6.64. The average Bonchev–Trinajstić information content (AvgIpc) is 2.91. The maximum atomic E-state index is 12.7. The number of anilines is 1. The zero-order chi connectivity index (χ0) is 18.1. The lowest BCUT2D eigenvalue weighted by Crippen LogP contribution is -2.39. The topological polar surface area (TPSA) is 49.4 Å². The fourth-order valence-electron chi connectivity index (χ4n) is 3.56. The number of nitrogens with one attached hydrogen (secondary N) is 1. The summed E-state index contributed by atoms with van der Waals surface area (Å²) >= 11 is 0. The Bertz CT molecular complexity index is 1000. The van der Waals surface area contributed by atoms with E-state index in [1.54, 1.807) is 4.90 Å². The van der Waals surface area contributed by atoms with Gasteiger partial charge in [-0.2, -0.15) is 0 Å². The molecular formula is C22H20N2O2. The van der Waals surface area contributed by atoms with Gasteiger partial charge < -0.3 is 5.32 Å². The minimum atomic E-state index is -0.142. The molecule has 26 heavy (non-hydrogen) atoms. The summed E-state index contributed by atoms with van der Waals surface area (Å²) < 4.78 is 0. The van der Waals surface area contributed by atoms with Crippen LogP contribution in [0.2, 0.25) is 0 Å². The van der Waals surface area contributed by atoms with Gasteiger partial charge in [-0.15, -0.1) is 0 Å². The molecule has 0 spiro atoms. The number of nitrogens with zero attached hydrogens (tertiary/aromatic N) is 1. The molecule has 0 unspecified atom stereocenters. The number of benzene rings is 3. The van der Waals surface area contributed by atoms with E-state index in [9.17, 15) is 9.59 Å². The van der Waals surface area contributed by atoms with Crippen LogP contribution in [0.1, 0.15) is 21.5 Å². The Labute approximate surface area is 152 Å². The molecule has 130 valence electrons. The molecule has 0 atom stereocenters. The van der Waals surface area contributed by atoms with E-state index in [1.807, 2.05) is 48.5 Å². The maximum Gasteiger partial charge on any atom is 0.259 e. The summed E-state index contributed by atoms with van der Waals surface area (Å²) in [5.74, 6) is -0.248. The highest BCUT2D eigenvalue weighted by Crippen LogP contribution is 2.36. The molecule has 0 saturated heterocycles. The Hall–Kier alpha value is -3.14. The molecule has 1 N–H and O–H groups in total. The predicted molar refractivity (Wildman–Crippen MR) is 104 cm³/mol. The second-order valence-corrected chi connectivity index (χ2v) is 6.60. The Kier molecular flexibility index (Phi) is 4.17. The molecule has 4 nitrogen and oxygen atoms in total. The zero-order valence-electron chi connectivity index (χ0n) is 14.7. The first kappa shape index (κ1) is 16.3. The van der Waals surface area contributed by atoms with Crippen LogP contribution in [0, 0.1) is 6.92 Å². The standard InChI is InChI=1S/C22H20N2O2/c1-15-6-2-3-7-16(15)12-13-23-20(25)14-24-19-11-5-9-17-8-4-10-18(21(17)19)22(24)26/h2-11H,12-14H2,1H3,(H,23,25). The molecule has 3 aromatic carbocycles. The average molecular weight is 344 g/mol. The van der Waals surface area contributed by atoms with Crippen molar-refractivity contribution in [3.05, 3.63) is 77.4 Å². The predicted octanol–water partition coefficient (Wildman–Crippen LogP) is 3.47. The summed E-state index contributed by atoms with van der Waals surface area (Å²) in [7, 11) is 0. The van der Waals surface area contributed by atoms with E-state index in [0.717, 1.165) is 22.9 Å². The number of hydrogen-bond acceptors (Lipinski definition) is 2. The van der Waals surface area contributed by atoms with Gasteiger partial charge in [0.2, 0.25) is 5.91 Å². The minimum absolute atomic E-state index is 0.0421. The van der Waals surface area contributed by atoms with Crippen molar-refractivity contribution < 1.29 is 9.59 Å². The molecule has 3 aromatic rings. The first-order chi connectivity index (χ1) is 12.6. The lowest BCUT2D eigenvalue weighted by molar-refractivity contribution is -0.119. The SMILES string of the molecule is Cc1ccccc1CCNC(=O)CN1C(=O)c2cccc3cccc1c23. The molecule has 4 heteroatoms. The van der Waals surface area contributed by atoms with Crippen molar-refractivity contribution in [2.45, 2.75) is 13.3 Å². The highest BCUT2D eigenvalue weighted by molar-refractivity contribution is 6.26. The van der Waals surface area contributed by atoms with Crippen molar-refractivity contribution in [2.75, 3.05) is 18.0 Å². The molecule has 0 fully saturated rings. The van der Waals surface area contributed by atoms with E-state index < -0.39 is 0 Å². The summed E-state index contributed by atoms with van der Waals surface area (Å²) in [5, 5.41) is 4.89. The van der Waals surface area contributed by atoms with E-state index >= 15 is 0 Å². The van der Waals surface area contributed by atoms with Gasteiger partial charge in [0.25, 0.3) is 5.91 Å². The van der Waals surface area contributed by atoms with E-state index in [0.29, 0.717) is 12.1 Å². The smallest absolute Gasteiger partial charge is 0.259 e. The van der Waals surface area contributed by atoms with Gasteiger partial charge in [-0.3, -0.25) is 14.5 Å². The Morgan fingerprint density at radius 3 is 2.58 bits per heavy atom.